The van der Waals surface area contributed by atoms with Crippen LogP contribution >= 0.6 is 0 Å². The van der Waals surface area contributed by atoms with Crippen LogP contribution in [-0.2, 0) is 0 Å². The maximum Gasteiger partial charge on any atom is 0.0618 e. The Morgan fingerprint density at radius 2 is 1.55 bits per heavy atom. The van der Waals surface area contributed by atoms with Crippen molar-refractivity contribution in [2.24, 2.45) is 44.3 Å². The maximum absolute atomic E-state index is 10.9. The van der Waals surface area contributed by atoms with Gasteiger partial charge in [-0.2, -0.15) is 0 Å². The minimum atomic E-state index is -0.409. The zero-order valence-electron chi connectivity index (χ0n) is 22.0. The molecule has 3 saturated carbocycles. The van der Waals surface area contributed by atoms with Crippen LogP contribution in [0.1, 0.15) is 99.3 Å². The highest BCUT2D eigenvalue weighted by Crippen LogP contribution is 2.74. The topological polar surface area (TPSA) is 60.7 Å². The van der Waals surface area contributed by atoms with Crippen molar-refractivity contribution in [2.75, 3.05) is 13.2 Å². The summed E-state index contributed by atoms with van der Waals surface area (Å²) in [6.07, 6.45) is 14.4. The quantitative estimate of drug-likeness (QED) is 0.475. The Morgan fingerprint density at radius 1 is 0.848 bits per heavy atom. The molecule has 0 bridgehead atoms. The molecule has 5 aliphatic carbocycles. The summed E-state index contributed by atoms with van der Waals surface area (Å²) in [5.41, 5.74) is 3.38. The van der Waals surface area contributed by atoms with Crippen molar-refractivity contribution in [2.45, 2.75) is 105 Å². The second kappa shape index (κ2) is 7.20. The fraction of sp³-hybridized carbons (Fsp3) is 0.867. The molecule has 186 valence electrons. The molecule has 0 heterocycles. The van der Waals surface area contributed by atoms with E-state index in [2.05, 4.69) is 53.7 Å². The molecule has 8 atom stereocenters. The lowest BCUT2D eigenvalue weighted by Gasteiger charge is -2.69. The third-order valence-electron chi connectivity index (χ3n) is 12.6. The molecule has 5 rings (SSSR count). The van der Waals surface area contributed by atoms with Crippen molar-refractivity contribution in [3.63, 3.8) is 0 Å². The average molecular weight is 457 g/mol. The minimum absolute atomic E-state index is 0.0105. The Morgan fingerprint density at radius 3 is 2.21 bits per heavy atom. The highest BCUT2D eigenvalue weighted by Gasteiger charge is 2.67. The van der Waals surface area contributed by atoms with Gasteiger partial charge in [-0.1, -0.05) is 59.3 Å². The second-order valence-corrected chi connectivity index (χ2v) is 14.6. The lowest BCUT2D eigenvalue weighted by Crippen LogP contribution is -2.64. The van der Waals surface area contributed by atoms with Gasteiger partial charge in [0.05, 0.1) is 19.3 Å². The molecule has 0 spiro atoms. The van der Waals surface area contributed by atoms with Crippen molar-refractivity contribution in [1.29, 1.82) is 0 Å². The van der Waals surface area contributed by atoms with E-state index in [0.717, 1.165) is 51.4 Å². The molecule has 3 N–H and O–H groups in total. The van der Waals surface area contributed by atoms with Crippen LogP contribution in [0, 0.1) is 44.3 Å². The Kier molecular flexibility index (Phi) is 5.25. The van der Waals surface area contributed by atoms with Gasteiger partial charge in [0.25, 0.3) is 0 Å². The predicted octanol–water partition coefficient (Wildman–Crippen LogP) is 6.03. The summed E-state index contributed by atoms with van der Waals surface area (Å²) in [5, 5.41) is 31.9. The van der Waals surface area contributed by atoms with Crippen LogP contribution < -0.4 is 0 Å². The van der Waals surface area contributed by atoms with E-state index in [-0.39, 0.29) is 28.3 Å². The van der Waals surface area contributed by atoms with E-state index in [4.69, 9.17) is 0 Å². The van der Waals surface area contributed by atoms with Crippen LogP contribution in [-0.4, -0.2) is 34.6 Å². The van der Waals surface area contributed by atoms with Crippen LogP contribution in [0.25, 0.3) is 0 Å². The number of allylic oxidation sites excluding steroid dienone is 3. The predicted molar refractivity (Wildman–Crippen MR) is 134 cm³/mol. The van der Waals surface area contributed by atoms with Gasteiger partial charge in [-0.3, -0.25) is 0 Å². The lowest BCUT2D eigenvalue weighted by atomic mass is 9.35. The van der Waals surface area contributed by atoms with E-state index in [0.29, 0.717) is 23.9 Å². The third-order valence-corrected chi connectivity index (χ3v) is 12.6. The monoisotopic (exact) mass is 456 g/mol. The van der Waals surface area contributed by atoms with Gasteiger partial charge in [-0.05, 0) is 96.9 Å². The summed E-state index contributed by atoms with van der Waals surface area (Å²) in [6.45, 7) is 14.9. The van der Waals surface area contributed by atoms with Crippen LogP contribution in [0.2, 0.25) is 0 Å². The van der Waals surface area contributed by atoms with Gasteiger partial charge in [-0.25, -0.2) is 0 Å². The number of fused-ring (bicyclic) bond motifs is 6. The van der Waals surface area contributed by atoms with Crippen LogP contribution in [0.15, 0.2) is 23.3 Å². The molecule has 3 fully saturated rings. The first-order valence-corrected chi connectivity index (χ1v) is 13.6. The van der Waals surface area contributed by atoms with Crippen molar-refractivity contribution in [3.8, 4) is 0 Å². The zero-order chi connectivity index (χ0) is 24.1. The molecular formula is C30H48O3. The normalized spacial score (nSPS) is 53.1. The Balaban J connectivity index is 1.65. The van der Waals surface area contributed by atoms with Gasteiger partial charge in [0.15, 0.2) is 0 Å². The first-order chi connectivity index (χ1) is 15.3. The molecule has 0 amide bonds. The van der Waals surface area contributed by atoms with E-state index >= 15 is 0 Å². The number of hydrogen-bond acceptors (Lipinski definition) is 3. The highest BCUT2D eigenvalue weighted by atomic mass is 16.3. The summed E-state index contributed by atoms with van der Waals surface area (Å²) in [7, 11) is 0. The van der Waals surface area contributed by atoms with Gasteiger partial charge in [0.2, 0.25) is 0 Å². The van der Waals surface area contributed by atoms with Gasteiger partial charge in [0, 0.05) is 10.8 Å². The second-order valence-electron chi connectivity index (χ2n) is 14.6. The SMILES string of the molecule is CC1(C)CCC2(CO)CCC3(C)C(=C2C1)C=CC1C2(C)CCC(O)C(C)(CO)C2CCC13C. The summed E-state index contributed by atoms with van der Waals surface area (Å²) in [6, 6.07) is 0. The number of aliphatic hydroxyl groups excluding tert-OH is 3. The molecule has 33 heavy (non-hydrogen) atoms. The largest absolute Gasteiger partial charge is 0.396 e. The minimum Gasteiger partial charge on any atom is -0.396 e. The van der Waals surface area contributed by atoms with Crippen LogP contribution in [0.5, 0.6) is 0 Å². The molecule has 0 radical (unpaired) electrons. The van der Waals surface area contributed by atoms with Crippen molar-refractivity contribution in [1.82, 2.24) is 0 Å². The Labute approximate surface area is 201 Å². The van der Waals surface area contributed by atoms with Gasteiger partial charge >= 0.3 is 0 Å². The lowest BCUT2D eigenvalue weighted by molar-refractivity contribution is -0.198. The number of rotatable bonds is 2. The van der Waals surface area contributed by atoms with E-state index in [1.165, 1.54) is 6.42 Å². The zero-order valence-corrected chi connectivity index (χ0v) is 22.0. The van der Waals surface area contributed by atoms with E-state index < -0.39 is 11.5 Å². The molecule has 5 aliphatic rings. The Hall–Kier alpha value is -0.640. The average Bonchev–Trinajstić information content (AvgIpc) is 2.77. The van der Waals surface area contributed by atoms with Crippen molar-refractivity contribution < 1.29 is 15.3 Å². The fourth-order valence-corrected chi connectivity index (χ4v) is 9.98. The standard InChI is InChI=1S/C30H48O3/c1-25(2)13-15-30(19-32)16-14-28(5)20(21(30)17-25)7-8-23-26(3)11-10-24(33)27(4,18-31)22(26)9-12-29(23,28)6/h7-8,22-24,31-33H,9-19H2,1-6H3. The fourth-order valence-electron chi connectivity index (χ4n) is 9.98. The summed E-state index contributed by atoms with van der Waals surface area (Å²) in [4.78, 5) is 0. The molecular weight excluding hydrogens is 408 g/mol. The van der Waals surface area contributed by atoms with Crippen molar-refractivity contribution >= 4 is 0 Å². The first kappa shape index (κ1) is 24.1. The molecule has 3 heteroatoms. The summed E-state index contributed by atoms with van der Waals surface area (Å²) in [5.74, 6) is 0.794. The molecule has 0 aromatic heterocycles. The molecule has 0 saturated heterocycles. The smallest absolute Gasteiger partial charge is 0.0618 e. The summed E-state index contributed by atoms with van der Waals surface area (Å²) < 4.78 is 0. The van der Waals surface area contributed by atoms with Gasteiger partial charge in [0.1, 0.15) is 0 Å². The molecule has 0 aromatic rings. The Bertz CT molecular complexity index is 887. The van der Waals surface area contributed by atoms with Crippen LogP contribution in [0.3, 0.4) is 0 Å². The third kappa shape index (κ3) is 2.91. The molecule has 8 unspecified atom stereocenters. The van der Waals surface area contributed by atoms with E-state index in [9.17, 15) is 15.3 Å². The number of aliphatic hydroxyl groups is 3. The van der Waals surface area contributed by atoms with Crippen LogP contribution in [0.4, 0.5) is 0 Å². The first-order valence-electron chi connectivity index (χ1n) is 13.6. The van der Waals surface area contributed by atoms with Crippen molar-refractivity contribution in [3.05, 3.63) is 23.3 Å². The molecule has 0 aromatic carbocycles. The van der Waals surface area contributed by atoms with E-state index in [1.54, 1.807) is 11.1 Å². The summed E-state index contributed by atoms with van der Waals surface area (Å²) >= 11 is 0. The highest BCUT2D eigenvalue weighted by molar-refractivity contribution is 5.46. The maximum atomic E-state index is 10.9. The molecule has 0 aliphatic heterocycles. The van der Waals surface area contributed by atoms with E-state index in [1.807, 2.05) is 0 Å². The van der Waals surface area contributed by atoms with Gasteiger partial charge < -0.3 is 15.3 Å². The number of hydrogen-bond donors (Lipinski definition) is 3. The van der Waals surface area contributed by atoms with Gasteiger partial charge in [-0.15, -0.1) is 0 Å². The molecule has 3 nitrogen and oxygen atoms in total.